The van der Waals surface area contributed by atoms with Crippen LogP contribution >= 0.6 is 23.2 Å². The van der Waals surface area contributed by atoms with Gasteiger partial charge in [-0.25, -0.2) is 0 Å². The first-order chi connectivity index (χ1) is 6.68. The van der Waals surface area contributed by atoms with E-state index in [0.29, 0.717) is 16.0 Å². The Morgan fingerprint density at radius 1 is 1.29 bits per heavy atom. The topological polar surface area (TPSA) is 26.0 Å². The molecule has 2 N–H and O–H groups in total. The molecule has 0 spiro atoms. The molecule has 0 saturated heterocycles. The summed E-state index contributed by atoms with van der Waals surface area (Å²) in [4.78, 5) is 0. The Kier molecular flexibility index (Phi) is 3.01. The average molecular weight is 230 g/mol. The van der Waals surface area contributed by atoms with Crippen molar-refractivity contribution in [3.63, 3.8) is 0 Å². The Morgan fingerprint density at radius 2 is 2.00 bits per heavy atom. The van der Waals surface area contributed by atoms with Gasteiger partial charge in [0, 0.05) is 16.1 Å². The minimum Gasteiger partial charge on any atom is -0.324 e. The molecule has 1 fully saturated rings. The van der Waals surface area contributed by atoms with Crippen LogP contribution in [0, 0.1) is 5.92 Å². The molecule has 1 atom stereocenters. The smallest absolute Gasteiger partial charge is 0.0468 e. The first-order valence-electron chi connectivity index (χ1n) is 4.89. The third-order valence-corrected chi connectivity index (χ3v) is 3.54. The van der Waals surface area contributed by atoms with E-state index in [1.165, 1.54) is 19.3 Å². The first kappa shape index (κ1) is 10.3. The van der Waals surface area contributed by atoms with E-state index in [4.69, 9.17) is 28.9 Å². The van der Waals surface area contributed by atoms with Gasteiger partial charge >= 0.3 is 0 Å². The minimum atomic E-state index is 0.0773. The fourth-order valence-electron chi connectivity index (χ4n) is 1.82. The van der Waals surface area contributed by atoms with Crippen LogP contribution in [0.4, 0.5) is 0 Å². The molecule has 0 amide bonds. The highest BCUT2D eigenvalue weighted by molar-refractivity contribution is 6.35. The molecular weight excluding hydrogens is 217 g/mol. The monoisotopic (exact) mass is 229 g/mol. The fourth-order valence-corrected chi connectivity index (χ4v) is 2.36. The third kappa shape index (κ3) is 1.90. The predicted octanol–water partition coefficient (Wildman–Crippen LogP) is 3.79. The van der Waals surface area contributed by atoms with Gasteiger partial charge in [-0.15, -0.1) is 0 Å². The molecule has 0 unspecified atom stereocenters. The average Bonchev–Trinajstić information content (AvgIpc) is 2.00. The largest absolute Gasteiger partial charge is 0.324 e. The van der Waals surface area contributed by atoms with Gasteiger partial charge < -0.3 is 5.73 Å². The zero-order valence-electron chi connectivity index (χ0n) is 7.84. The summed E-state index contributed by atoms with van der Waals surface area (Å²) in [6.45, 7) is 0. The van der Waals surface area contributed by atoms with Crippen molar-refractivity contribution in [1.29, 1.82) is 0 Å². The van der Waals surface area contributed by atoms with Gasteiger partial charge in [-0.2, -0.15) is 0 Å². The number of rotatable bonds is 2. The number of benzene rings is 1. The maximum absolute atomic E-state index is 6.12. The zero-order chi connectivity index (χ0) is 10.1. The second-order valence-electron chi connectivity index (χ2n) is 3.88. The lowest BCUT2D eigenvalue weighted by atomic mass is 9.77. The van der Waals surface area contributed by atoms with Crippen molar-refractivity contribution in [2.75, 3.05) is 0 Å². The van der Waals surface area contributed by atoms with E-state index in [9.17, 15) is 0 Å². The summed E-state index contributed by atoms with van der Waals surface area (Å²) >= 11 is 11.9. The van der Waals surface area contributed by atoms with Crippen LogP contribution in [0.15, 0.2) is 18.2 Å². The summed E-state index contributed by atoms with van der Waals surface area (Å²) in [5.74, 6) is 0.605. The van der Waals surface area contributed by atoms with E-state index >= 15 is 0 Å². The zero-order valence-corrected chi connectivity index (χ0v) is 9.35. The maximum Gasteiger partial charge on any atom is 0.0468 e. The van der Waals surface area contributed by atoms with Crippen LogP contribution in [0.2, 0.25) is 10.0 Å². The summed E-state index contributed by atoms with van der Waals surface area (Å²) in [7, 11) is 0. The highest BCUT2D eigenvalue weighted by atomic mass is 35.5. The Hall–Kier alpha value is -0.240. The van der Waals surface area contributed by atoms with Crippen LogP contribution in [0.25, 0.3) is 0 Å². The van der Waals surface area contributed by atoms with Crippen molar-refractivity contribution in [1.82, 2.24) is 0 Å². The van der Waals surface area contributed by atoms with Crippen molar-refractivity contribution in [2.45, 2.75) is 25.3 Å². The van der Waals surface area contributed by atoms with E-state index in [1.807, 2.05) is 12.1 Å². The van der Waals surface area contributed by atoms with Gasteiger partial charge in [-0.1, -0.05) is 35.7 Å². The summed E-state index contributed by atoms with van der Waals surface area (Å²) in [5.41, 5.74) is 7.15. The Labute approximate surface area is 94.2 Å². The molecule has 0 aromatic heterocycles. The van der Waals surface area contributed by atoms with Crippen LogP contribution in [0.3, 0.4) is 0 Å². The molecular formula is C11H13Cl2N. The van der Waals surface area contributed by atoms with Gasteiger partial charge in [0.25, 0.3) is 0 Å². The molecule has 76 valence electrons. The van der Waals surface area contributed by atoms with Gasteiger partial charge in [-0.3, -0.25) is 0 Å². The van der Waals surface area contributed by atoms with E-state index in [0.717, 1.165) is 5.56 Å². The Balaban J connectivity index is 2.22. The van der Waals surface area contributed by atoms with Crippen molar-refractivity contribution in [3.8, 4) is 0 Å². The number of hydrogen-bond acceptors (Lipinski definition) is 1. The molecule has 0 bridgehead atoms. The highest BCUT2D eigenvalue weighted by Gasteiger charge is 2.26. The van der Waals surface area contributed by atoms with Crippen molar-refractivity contribution < 1.29 is 0 Å². The van der Waals surface area contributed by atoms with Gasteiger partial charge in [0.15, 0.2) is 0 Å². The summed E-state index contributed by atoms with van der Waals surface area (Å²) < 4.78 is 0. The molecule has 1 saturated carbocycles. The molecule has 14 heavy (non-hydrogen) atoms. The SMILES string of the molecule is N[C@@H](c1ccc(Cl)cc1Cl)C1CCC1. The van der Waals surface area contributed by atoms with E-state index in [-0.39, 0.29) is 6.04 Å². The van der Waals surface area contributed by atoms with Gasteiger partial charge in [0.2, 0.25) is 0 Å². The molecule has 3 heteroatoms. The number of hydrogen-bond donors (Lipinski definition) is 1. The van der Waals surface area contributed by atoms with Crippen LogP contribution in [-0.4, -0.2) is 0 Å². The molecule has 1 nitrogen and oxygen atoms in total. The third-order valence-electron chi connectivity index (χ3n) is 2.98. The van der Waals surface area contributed by atoms with E-state index in [1.54, 1.807) is 6.07 Å². The molecule has 1 aromatic rings. The van der Waals surface area contributed by atoms with Gasteiger partial charge in [0.1, 0.15) is 0 Å². The van der Waals surface area contributed by atoms with Gasteiger partial charge in [-0.05, 0) is 36.5 Å². The van der Waals surface area contributed by atoms with Crippen molar-refractivity contribution in [3.05, 3.63) is 33.8 Å². The quantitative estimate of drug-likeness (QED) is 0.821. The van der Waals surface area contributed by atoms with Crippen molar-refractivity contribution in [2.24, 2.45) is 11.7 Å². The standard InChI is InChI=1S/C11H13Cl2N/c12-8-4-5-9(10(13)6-8)11(14)7-2-1-3-7/h4-7,11H,1-3,14H2/t11-/m1/s1. The van der Waals surface area contributed by atoms with Gasteiger partial charge in [0.05, 0.1) is 0 Å². The van der Waals surface area contributed by atoms with E-state index < -0.39 is 0 Å². The molecule has 1 aromatic carbocycles. The molecule has 0 aliphatic heterocycles. The second kappa shape index (κ2) is 4.09. The maximum atomic E-state index is 6.12. The lowest BCUT2D eigenvalue weighted by Gasteiger charge is -2.31. The van der Waals surface area contributed by atoms with Crippen LogP contribution in [0.5, 0.6) is 0 Å². The summed E-state index contributed by atoms with van der Waals surface area (Å²) in [5, 5.41) is 1.36. The molecule has 1 aliphatic carbocycles. The van der Waals surface area contributed by atoms with Crippen LogP contribution in [-0.2, 0) is 0 Å². The second-order valence-corrected chi connectivity index (χ2v) is 4.73. The minimum absolute atomic E-state index is 0.0773. The number of nitrogens with two attached hydrogens (primary N) is 1. The van der Waals surface area contributed by atoms with Crippen LogP contribution < -0.4 is 5.73 Å². The Morgan fingerprint density at radius 3 is 2.50 bits per heavy atom. The molecule has 1 aliphatic rings. The molecule has 2 rings (SSSR count). The van der Waals surface area contributed by atoms with E-state index in [2.05, 4.69) is 0 Å². The Bertz CT molecular complexity index is 334. The summed E-state index contributed by atoms with van der Waals surface area (Å²) in [6, 6.07) is 5.62. The lowest BCUT2D eigenvalue weighted by Crippen LogP contribution is -2.27. The fraction of sp³-hybridized carbons (Fsp3) is 0.455. The molecule has 0 radical (unpaired) electrons. The summed E-state index contributed by atoms with van der Waals surface area (Å²) in [6.07, 6.45) is 3.74. The first-order valence-corrected chi connectivity index (χ1v) is 5.64. The normalized spacial score (nSPS) is 19.1. The molecule has 0 heterocycles. The predicted molar refractivity (Wildman–Crippen MR) is 60.7 cm³/mol. The van der Waals surface area contributed by atoms with Crippen molar-refractivity contribution >= 4 is 23.2 Å². The van der Waals surface area contributed by atoms with Crippen LogP contribution in [0.1, 0.15) is 30.9 Å². The number of halogens is 2. The lowest BCUT2D eigenvalue weighted by molar-refractivity contribution is 0.264. The highest BCUT2D eigenvalue weighted by Crippen LogP contribution is 2.38.